The van der Waals surface area contributed by atoms with Crippen LogP contribution in [-0.4, -0.2) is 30.5 Å². The van der Waals surface area contributed by atoms with Crippen molar-refractivity contribution in [2.24, 2.45) is 5.73 Å². The van der Waals surface area contributed by atoms with E-state index in [0.717, 1.165) is 0 Å². The van der Waals surface area contributed by atoms with E-state index in [1.165, 1.54) is 18.2 Å². The summed E-state index contributed by atoms with van der Waals surface area (Å²) in [4.78, 5) is 0.0754. The van der Waals surface area contributed by atoms with E-state index in [1.807, 2.05) is 6.92 Å². The Hall–Kier alpha value is -1.21. The zero-order chi connectivity index (χ0) is 14.3. The molecule has 1 aliphatic rings. The molecule has 1 fully saturated rings. The predicted molar refractivity (Wildman–Crippen MR) is 77.6 cm³/mol. The molecule has 19 heavy (non-hydrogen) atoms. The van der Waals surface area contributed by atoms with Crippen LogP contribution in [0.15, 0.2) is 18.2 Å². The summed E-state index contributed by atoms with van der Waals surface area (Å²) < 4.78 is 36.3. The Kier molecular flexibility index (Phi) is 3.53. The van der Waals surface area contributed by atoms with Crippen LogP contribution in [0.25, 0.3) is 0 Å². The Balaban J connectivity index is 2.32. The number of hydrogen-bond acceptors (Lipinski definition) is 4. The molecular weight excluding hydrogens is 287 g/mol. The van der Waals surface area contributed by atoms with Gasteiger partial charge in [0.1, 0.15) is 10.8 Å². The molecule has 1 aromatic carbocycles. The van der Waals surface area contributed by atoms with Gasteiger partial charge in [0.25, 0.3) is 0 Å². The molecule has 0 amide bonds. The molecule has 0 aromatic heterocycles. The highest BCUT2D eigenvalue weighted by atomic mass is 32.2. The molecular formula is C12H15FN2O2S2. The largest absolute Gasteiger partial charge is 0.389 e. The van der Waals surface area contributed by atoms with Gasteiger partial charge in [0, 0.05) is 16.8 Å². The molecule has 2 rings (SSSR count). The van der Waals surface area contributed by atoms with Gasteiger partial charge < -0.3 is 11.1 Å². The third kappa shape index (κ3) is 3.22. The summed E-state index contributed by atoms with van der Waals surface area (Å²) in [6.45, 7) is 1.82. The third-order valence-corrected chi connectivity index (χ3v) is 5.31. The Morgan fingerprint density at radius 3 is 2.74 bits per heavy atom. The summed E-state index contributed by atoms with van der Waals surface area (Å²) in [5.41, 5.74) is 5.94. The molecule has 0 saturated carbocycles. The van der Waals surface area contributed by atoms with Crippen molar-refractivity contribution in [1.82, 2.24) is 0 Å². The first-order valence-corrected chi connectivity index (χ1v) is 8.02. The summed E-state index contributed by atoms with van der Waals surface area (Å²) in [5.74, 6) is -0.230. The van der Waals surface area contributed by atoms with Crippen molar-refractivity contribution >= 4 is 32.7 Å². The standard InChI is InChI=1S/C12H15FN2O2S2/c1-12(4-5-19(16,17)7-12)15-10-3-2-8(13)6-9(10)11(14)18/h2-3,6,15H,4-5,7H2,1H3,(H2,14,18). The molecule has 0 aliphatic carbocycles. The molecule has 7 heteroatoms. The topological polar surface area (TPSA) is 72.2 Å². The van der Waals surface area contributed by atoms with Gasteiger partial charge in [-0.2, -0.15) is 0 Å². The van der Waals surface area contributed by atoms with E-state index in [9.17, 15) is 12.8 Å². The third-order valence-electron chi connectivity index (χ3n) is 3.19. The summed E-state index contributed by atoms with van der Waals surface area (Å²) in [6.07, 6.45) is 0.503. The first-order valence-electron chi connectivity index (χ1n) is 5.79. The second-order valence-electron chi connectivity index (χ2n) is 5.08. The van der Waals surface area contributed by atoms with Crippen LogP contribution < -0.4 is 11.1 Å². The van der Waals surface area contributed by atoms with Gasteiger partial charge in [0.2, 0.25) is 0 Å². The minimum Gasteiger partial charge on any atom is -0.389 e. The molecule has 3 N–H and O–H groups in total. The summed E-state index contributed by atoms with van der Waals surface area (Å²) in [6, 6.07) is 4.06. The van der Waals surface area contributed by atoms with Gasteiger partial charge in [-0.05, 0) is 31.5 Å². The predicted octanol–water partition coefficient (Wildman–Crippen LogP) is 1.45. The van der Waals surface area contributed by atoms with E-state index in [1.54, 1.807) is 0 Å². The fourth-order valence-corrected chi connectivity index (χ4v) is 4.53. The minimum atomic E-state index is -3.02. The van der Waals surface area contributed by atoms with E-state index < -0.39 is 21.2 Å². The highest BCUT2D eigenvalue weighted by Crippen LogP contribution is 2.29. The number of nitrogens with two attached hydrogens (primary N) is 1. The first-order chi connectivity index (χ1) is 8.71. The Morgan fingerprint density at radius 2 is 2.21 bits per heavy atom. The lowest BCUT2D eigenvalue weighted by molar-refractivity contribution is 0.573. The van der Waals surface area contributed by atoms with E-state index >= 15 is 0 Å². The Bertz CT molecular complexity index is 631. The van der Waals surface area contributed by atoms with Crippen molar-refractivity contribution in [3.05, 3.63) is 29.6 Å². The average Bonchev–Trinajstić information content (AvgIpc) is 2.55. The number of benzene rings is 1. The molecule has 0 bridgehead atoms. The molecule has 1 unspecified atom stereocenters. The van der Waals surface area contributed by atoms with Crippen LogP contribution in [0.1, 0.15) is 18.9 Å². The fraction of sp³-hybridized carbons (Fsp3) is 0.417. The van der Waals surface area contributed by atoms with Crippen LogP contribution in [0.2, 0.25) is 0 Å². The van der Waals surface area contributed by atoms with Crippen LogP contribution in [0.4, 0.5) is 10.1 Å². The van der Waals surface area contributed by atoms with Crippen LogP contribution >= 0.6 is 12.2 Å². The van der Waals surface area contributed by atoms with Crippen molar-refractivity contribution in [3.63, 3.8) is 0 Å². The van der Waals surface area contributed by atoms with E-state index in [2.05, 4.69) is 5.32 Å². The van der Waals surface area contributed by atoms with E-state index in [4.69, 9.17) is 18.0 Å². The van der Waals surface area contributed by atoms with Crippen LogP contribution in [0.3, 0.4) is 0 Å². The molecule has 4 nitrogen and oxygen atoms in total. The van der Waals surface area contributed by atoms with Crippen LogP contribution in [-0.2, 0) is 9.84 Å². The number of nitrogens with one attached hydrogen (secondary N) is 1. The van der Waals surface area contributed by atoms with Crippen molar-refractivity contribution in [2.75, 3.05) is 16.8 Å². The van der Waals surface area contributed by atoms with E-state index in [-0.39, 0.29) is 16.5 Å². The number of hydrogen-bond donors (Lipinski definition) is 2. The maximum atomic E-state index is 13.2. The zero-order valence-electron chi connectivity index (χ0n) is 10.4. The number of anilines is 1. The van der Waals surface area contributed by atoms with Crippen molar-refractivity contribution in [2.45, 2.75) is 18.9 Å². The van der Waals surface area contributed by atoms with Gasteiger partial charge in [-0.15, -0.1) is 0 Å². The number of sulfone groups is 1. The highest BCUT2D eigenvalue weighted by Gasteiger charge is 2.38. The van der Waals surface area contributed by atoms with Gasteiger partial charge in [-0.3, -0.25) is 0 Å². The van der Waals surface area contributed by atoms with Crippen molar-refractivity contribution in [1.29, 1.82) is 0 Å². The monoisotopic (exact) mass is 302 g/mol. The lowest BCUT2D eigenvalue weighted by atomic mass is 10.0. The second kappa shape index (κ2) is 4.72. The molecule has 1 heterocycles. The normalized spacial score (nSPS) is 25.2. The highest BCUT2D eigenvalue weighted by molar-refractivity contribution is 7.91. The lowest BCUT2D eigenvalue weighted by Crippen LogP contribution is -2.36. The first kappa shape index (κ1) is 14.2. The minimum absolute atomic E-state index is 0.0498. The smallest absolute Gasteiger partial charge is 0.152 e. The summed E-state index contributed by atoms with van der Waals surface area (Å²) in [7, 11) is -3.02. The quantitative estimate of drug-likeness (QED) is 0.827. The van der Waals surface area contributed by atoms with Gasteiger partial charge in [-0.25, -0.2) is 12.8 Å². The van der Waals surface area contributed by atoms with Crippen LogP contribution in [0.5, 0.6) is 0 Å². The van der Waals surface area contributed by atoms with E-state index in [0.29, 0.717) is 17.7 Å². The van der Waals surface area contributed by atoms with Crippen LogP contribution in [0, 0.1) is 5.82 Å². The molecule has 0 spiro atoms. The second-order valence-corrected chi connectivity index (χ2v) is 7.71. The molecule has 1 atom stereocenters. The molecule has 0 radical (unpaired) electrons. The van der Waals surface area contributed by atoms with Crippen molar-refractivity contribution in [3.8, 4) is 0 Å². The van der Waals surface area contributed by atoms with Gasteiger partial charge >= 0.3 is 0 Å². The maximum Gasteiger partial charge on any atom is 0.152 e. The Morgan fingerprint density at radius 1 is 1.53 bits per heavy atom. The molecule has 1 aliphatic heterocycles. The van der Waals surface area contributed by atoms with Gasteiger partial charge in [0.15, 0.2) is 9.84 Å². The summed E-state index contributed by atoms with van der Waals surface area (Å²) >= 11 is 4.88. The zero-order valence-corrected chi connectivity index (χ0v) is 12.1. The van der Waals surface area contributed by atoms with Crippen molar-refractivity contribution < 1.29 is 12.8 Å². The molecule has 104 valence electrons. The number of halogens is 1. The van der Waals surface area contributed by atoms with Gasteiger partial charge in [-0.1, -0.05) is 12.2 Å². The molecule has 1 aromatic rings. The lowest BCUT2D eigenvalue weighted by Gasteiger charge is -2.26. The fourth-order valence-electron chi connectivity index (χ4n) is 2.26. The summed E-state index contributed by atoms with van der Waals surface area (Å²) in [5, 5.41) is 3.14. The molecule has 1 saturated heterocycles. The maximum absolute atomic E-state index is 13.2. The average molecular weight is 302 g/mol. The number of thiocarbonyl (C=S) groups is 1. The SMILES string of the molecule is CC1(Nc2ccc(F)cc2C(N)=S)CCS(=O)(=O)C1. The van der Waals surface area contributed by atoms with Gasteiger partial charge in [0.05, 0.1) is 11.5 Å². The number of rotatable bonds is 3. The Labute approximate surface area is 117 Å².